The smallest absolute Gasteiger partial charge is 0.283 e. The van der Waals surface area contributed by atoms with E-state index in [1.54, 1.807) is 36.4 Å². The van der Waals surface area contributed by atoms with E-state index in [0.29, 0.717) is 32.8 Å². The molecule has 0 fully saturated rings. The summed E-state index contributed by atoms with van der Waals surface area (Å²) in [5.41, 5.74) is 5.26. The number of ether oxygens (including phenoxy) is 1. The molecule has 2 aromatic heterocycles. The molecular formula is C25H21BrN4O4S. The van der Waals surface area contributed by atoms with Gasteiger partial charge in [-0.05, 0) is 55.8 Å². The highest BCUT2D eigenvalue weighted by Gasteiger charge is 2.24. The van der Waals surface area contributed by atoms with Crippen LogP contribution in [0, 0.1) is 13.8 Å². The highest BCUT2D eigenvalue weighted by Crippen LogP contribution is 2.38. The maximum Gasteiger partial charge on any atom is 0.283 e. The van der Waals surface area contributed by atoms with Crippen molar-refractivity contribution in [3.8, 4) is 11.5 Å². The zero-order chi connectivity index (χ0) is 25.1. The molecule has 10 heteroatoms. The molecule has 0 saturated carbocycles. The van der Waals surface area contributed by atoms with Crippen molar-refractivity contribution in [3.05, 3.63) is 80.3 Å². The minimum absolute atomic E-state index is 0.0214. The Hall–Kier alpha value is -3.76. The highest BCUT2D eigenvalue weighted by molar-refractivity contribution is 9.10. The maximum atomic E-state index is 13.2. The number of nitrogens with zero attached hydrogens (tertiary/aromatic N) is 2. The summed E-state index contributed by atoms with van der Waals surface area (Å²) in [5, 5.41) is 17.5. The Labute approximate surface area is 213 Å². The van der Waals surface area contributed by atoms with Crippen molar-refractivity contribution >= 4 is 61.2 Å². The minimum atomic E-state index is -0.522. The summed E-state index contributed by atoms with van der Waals surface area (Å²) in [6.45, 7) is 3.77. The fourth-order valence-corrected chi connectivity index (χ4v) is 5.09. The number of anilines is 1. The van der Waals surface area contributed by atoms with Crippen molar-refractivity contribution in [1.82, 2.24) is 10.4 Å². The van der Waals surface area contributed by atoms with Crippen LogP contribution in [-0.4, -0.2) is 35.2 Å². The Bertz CT molecular complexity index is 1480. The van der Waals surface area contributed by atoms with Gasteiger partial charge in [-0.3, -0.25) is 9.59 Å². The van der Waals surface area contributed by atoms with Crippen LogP contribution in [0.4, 0.5) is 5.69 Å². The van der Waals surface area contributed by atoms with Gasteiger partial charge in [-0.1, -0.05) is 28.1 Å². The number of fused-ring (bicyclic) bond motifs is 1. The molecule has 0 aliphatic heterocycles. The number of hydrogen-bond acceptors (Lipinski definition) is 7. The largest absolute Gasteiger partial charge is 0.507 e. The number of para-hydroxylation sites is 1. The van der Waals surface area contributed by atoms with E-state index in [2.05, 4.69) is 36.8 Å². The van der Waals surface area contributed by atoms with Crippen LogP contribution in [0.1, 0.15) is 36.9 Å². The lowest BCUT2D eigenvalue weighted by molar-refractivity contribution is 0.0960. The Morgan fingerprint density at radius 1 is 1.14 bits per heavy atom. The van der Waals surface area contributed by atoms with E-state index in [0.717, 1.165) is 27.1 Å². The third-order valence-electron chi connectivity index (χ3n) is 5.14. The van der Waals surface area contributed by atoms with Gasteiger partial charge in [0.2, 0.25) is 0 Å². The van der Waals surface area contributed by atoms with Gasteiger partial charge in [0.25, 0.3) is 11.8 Å². The maximum absolute atomic E-state index is 13.2. The van der Waals surface area contributed by atoms with Crippen LogP contribution < -0.4 is 15.5 Å². The van der Waals surface area contributed by atoms with Crippen molar-refractivity contribution in [2.24, 2.45) is 5.10 Å². The monoisotopic (exact) mass is 552 g/mol. The lowest BCUT2D eigenvalue weighted by Gasteiger charge is -2.11. The van der Waals surface area contributed by atoms with Crippen molar-refractivity contribution < 1.29 is 19.4 Å². The van der Waals surface area contributed by atoms with Gasteiger partial charge in [-0.2, -0.15) is 5.10 Å². The molecule has 2 aromatic carbocycles. The summed E-state index contributed by atoms with van der Waals surface area (Å²) in [4.78, 5) is 31.7. The number of nitrogens with one attached hydrogen (secondary N) is 2. The van der Waals surface area contributed by atoms with Gasteiger partial charge in [0, 0.05) is 21.1 Å². The Kier molecular flexibility index (Phi) is 7.13. The Morgan fingerprint density at radius 2 is 1.91 bits per heavy atom. The number of rotatable bonds is 6. The zero-order valence-corrected chi connectivity index (χ0v) is 21.5. The summed E-state index contributed by atoms with van der Waals surface area (Å²) >= 11 is 4.49. The molecule has 178 valence electrons. The van der Waals surface area contributed by atoms with E-state index in [4.69, 9.17) is 4.74 Å². The van der Waals surface area contributed by atoms with Crippen molar-refractivity contribution in [2.75, 3.05) is 12.4 Å². The van der Waals surface area contributed by atoms with Crippen LogP contribution >= 0.6 is 27.3 Å². The molecule has 2 heterocycles. The van der Waals surface area contributed by atoms with E-state index in [1.165, 1.54) is 19.4 Å². The highest BCUT2D eigenvalue weighted by atomic mass is 79.9. The number of halogens is 1. The summed E-state index contributed by atoms with van der Waals surface area (Å²) in [6.07, 6.45) is 1.34. The van der Waals surface area contributed by atoms with Crippen LogP contribution in [-0.2, 0) is 0 Å². The van der Waals surface area contributed by atoms with Gasteiger partial charge in [0.05, 0.1) is 24.6 Å². The first-order chi connectivity index (χ1) is 16.8. The molecule has 0 bridgehead atoms. The molecule has 0 aliphatic rings. The molecule has 0 atom stereocenters. The first-order valence-electron chi connectivity index (χ1n) is 10.5. The lowest BCUT2D eigenvalue weighted by atomic mass is 10.1. The van der Waals surface area contributed by atoms with Crippen LogP contribution in [0.25, 0.3) is 10.2 Å². The van der Waals surface area contributed by atoms with E-state index in [1.807, 2.05) is 19.9 Å². The number of hydrogen-bond donors (Lipinski definition) is 3. The Morgan fingerprint density at radius 3 is 2.69 bits per heavy atom. The van der Waals surface area contributed by atoms with Crippen molar-refractivity contribution in [1.29, 1.82) is 0 Å². The summed E-state index contributed by atoms with van der Waals surface area (Å²) in [7, 11) is 1.49. The molecule has 0 unspecified atom stereocenters. The topological polar surface area (TPSA) is 113 Å². The van der Waals surface area contributed by atoms with Gasteiger partial charge in [-0.15, -0.1) is 11.3 Å². The number of methoxy groups -OCH3 is 1. The lowest BCUT2D eigenvalue weighted by Crippen LogP contribution is -2.20. The second-order valence-electron chi connectivity index (χ2n) is 7.62. The van der Waals surface area contributed by atoms with Gasteiger partial charge in [-0.25, -0.2) is 10.4 Å². The van der Waals surface area contributed by atoms with Gasteiger partial charge in [0.15, 0.2) is 0 Å². The molecule has 2 amide bonds. The van der Waals surface area contributed by atoms with Crippen LogP contribution in [0.5, 0.6) is 11.5 Å². The molecule has 0 aliphatic carbocycles. The predicted molar refractivity (Wildman–Crippen MR) is 141 cm³/mol. The van der Waals surface area contributed by atoms with Crippen molar-refractivity contribution in [3.63, 3.8) is 0 Å². The number of carbonyl (C=O) groups excluding carboxylic acids is 2. The Balaban J connectivity index is 1.70. The standard InChI is InChI=1S/C25H21BrN4O4S/c1-13-10-14(2)28-25-20(13)21(29-23(32)17-6-4-5-7-19(17)34-3)22(35-25)24(33)30-27-12-15-11-16(26)8-9-18(15)31/h4-12,31H,1-3H3,(H,29,32)(H,30,33)/b27-12+. The number of aromatic hydroxyl groups is 1. The second-order valence-corrected chi connectivity index (χ2v) is 9.54. The molecule has 0 spiro atoms. The van der Waals surface area contributed by atoms with Gasteiger partial charge < -0.3 is 15.2 Å². The number of aromatic nitrogens is 1. The third kappa shape index (κ3) is 5.18. The van der Waals surface area contributed by atoms with E-state index < -0.39 is 11.8 Å². The third-order valence-corrected chi connectivity index (χ3v) is 6.72. The van der Waals surface area contributed by atoms with Crippen LogP contribution in [0.15, 0.2) is 58.1 Å². The number of carbonyl (C=O) groups is 2. The minimum Gasteiger partial charge on any atom is -0.507 e. The molecule has 0 radical (unpaired) electrons. The van der Waals surface area contributed by atoms with E-state index in [-0.39, 0.29) is 10.6 Å². The molecule has 8 nitrogen and oxygen atoms in total. The van der Waals surface area contributed by atoms with Crippen molar-refractivity contribution in [2.45, 2.75) is 13.8 Å². The quantitative estimate of drug-likeness (QED) is 0.219. The van der Waals surface area contributed by atoms with E-state index in [9.17, 15) is 14.7 Å². The number of phenols is 1. The molecule has 3 N–H and O–H groups in total. The number of phenolic OH excluding ortho intramolecular Hbond substituents is 1. The van der Waals surface area contributed by atoms with E-state index >= 15 is 0 Å². The summed E-state index contributed by atoms with van der Waals surface area (Å²) in [6, 6.07) is 13.6. The van der Waals surface area contributed by atoms with Gasteiger partial charge in [0.1, 0.15) is 21.2 Å². The first-order valence-corrected chi connectivity index (χ1v) is 12.1. The summed E-state index contributed by atoms with van der Waals surface area (Å²) in [5.74, 6) is -0.502. The first kappa shape index (κ1) is 24.4. The predicted octanol–water partition coefficient (Wildman–Crippen LogP) is 5.41. The van der Waals surface area contributed by atoms with Crippen LogP contribution in [0.2, 0.25) is 0 Å². The van der Waals surface area contributed by atoms with Crippen LogP contribution in [0.3, 0.4) is 0 Å². The number of hydrazone groups is 1. The average Bonchev–Trinajstić information content (AvgIpc) is 3.19. The normalized spacial score (nSPS) is 11.1. The molecular weight excluding hydrogens is 532 g/mol. The fraction of sp³-hybridized carbons (Fsp3) is 0.120. The number of thiophene rings is 1. The summed E-state index contributed by atoms with van der Waals surface area (Å²) < 4.78 is 6.07. The van der Waals surface area contributed by atoms with Gasteiger partial charge >= 0.3 is 0 Å². The number of aryl methyl sites for hydroxylation is 2. The number of pyridine rings is 1. The number of benzene rings is 2. The SMILES string of the molecule is COc1ccccc1C(=O)Nc1c(C(=O)N/N=C/c2cc(Br)ccc2O)sc2nc(C)cc(C)c12. The molecule has 4 rings (SSSR count). The average molecular weight is 553 g/mol. The molecule has 4 aromatic rings. The molecule has 0 saturated heterocycles. The fourth-order valence-electron chi connectivity index (χ4n) is 3.57. The second kappa shape index (κ2) is 10.2. The number of amides is 2. The molecule has 35 heavy (non-hydrogen) atoms. The zero-order valence-electron chi connectivity index (χ0n) is 19.0.